The van der Waals surface area contributed by atoms with Crippen LogP contribution in [0.2, 0.25) is 0 Å². The maximum atomic E-state index is 11.9. The van der Waals surface area contributed by atoms with Crippen LogP contribution in [0.4, 0.5) is 0 Å². The number of rotatable bonds is 5. The number of nitrogens with zero attached hydrogens (tertiary/aromatic N) is 1. The molecule has 1 N–H and O–H groups in total. The van der Waals surface area contributed by atoms with Crippen LogP contribution in [0, 0.1) is 0 Å². The molecule has 18 heavy (non-hydrogen) atoms. The number of fused-ring (bicyclic) bond motifs is 1. The molecule has 0 saturated carbocycles. The van der Waals surface area contributed by atoms with Crippen molar-refractivity contribution in [1.82, 2.24) is 5.32 Å². The molecule has 0 saturated heterocycles. The fourth-order valence-corrected chi connectivity index (χ4v) is 3.53. The second-order valence-corrected chi connectivity index (χ2v) is 6.06. The van der Waals surface area contributed by atoms with Gasteiger partial charge in [-0.15, -0.1) is 0 Å². The molecule has 0 spiro atoms. The minimum Gasteiger partial charge on any atom is -0.317 e. The standard InChI is InChI=1S/C13H18N2O2S/c1-3-6-10(14-2)9-12-11-7-4-5-8-13(11)18(16,17)15-12/h4-5,7-8,10,14H,3,6,9H2,1-2H3. The highest BCUT2D eigenvalue weighted by molar-refractivity contribution is 7.90. The lowest BCUT2D eigenvalue weighted by Gasteiger charge is -2.14. The van der Waals surface area contributed by atoms with E-state index in [2.05, 4.69) is 16.6 Å². The summed E-state index contributed by atoms with van der Waals surface area (Å²) in [6.07, 6.45) is 2.73. The Labute approximate surface area is 108 Å². The van der Waals surface area contributed by atoms with Gasteiger partial charge in [0.2, 0.25) is 0 Å². The molecule has 98 valence electrons. The SMILES string of the molecule is CCCC(CC1=NS(=O)(=O)c2ccccc21)NC. The van der Waals surface area contributed by atoms with Gasteiger partial charge in [0.1, 0.15) is 0 Å². The van der Waals surface area contributed by atoms with Crippen molar-refractivity contribution >= 4 is 15.7 Å². The van der Waals surface area contributed by atoms with E-state index < -0.39 is 10.0 Å². The van der Waals surface area contributed by atoms with Crippen molar-refractivity contribution in [2.24, 2.45) is 4.40 Å². The summed E-state index contributed by atoms with van der Waals surface area (Å²) in [5.41, 5.74) is 1.44. The second kappa shape index (κ2) is 5.20. The lowest BCUT2D eigenvalue weighted by Crippen LogP contribution is -2.27. The van der Waals surface area contributed by atoms with Crippen LogP contribution in [0.15, 0.2) is 33.6 Å². The van der Waals surface area contributed by atoms with Gasteiger partial charge < -0.3 is 5.32 Å². The summed E-state index contributed by atoms with van der Waals surface area (Å²) in [6, 6.07) is 7.31. The van der Waals surface area contributed by atoms with Crippen LogP contribution < -0.4 is 5.32 Å². The second-order valence-electron chi connectivity index (χ2n) is 4.49. The van der Waals surface area contributed by atoms with Crippen LogP contribution in [0.1, 0.15) is 31.7 Å². The molecule has 1 aliphatic heterocycles. The molecule has 0 aliphatic carbocycles. The van der Waals surface area contributed by atoms with E-state index in [0.717, 1.165) is 18.4 Å². The summed E-state index contributed by atoms with van der Waals surface area (Å²) in [5.74, 6) is 0. The number of hydrogen-bond donors (Lipinski definition) is 1. The van der Waals surface area contributed by atoms with Gasteiger partial charge in [0.05, 0.1) is 10.6 Å². The molecule has 4 nitrogen and oxygen atoms in total. The molecular formula is C13H18N2O2S. The first-order chi connectivity index (χ1) is 8.58. The van der Waals surface area contributed by atoms with Gasteiger partial charge in [-0.1, -0.05) is 31.5 Å². The molecule has 1 aromatic rings. The fraction of sp³-hybridized carbons (Fsp3) is 0.462. The van der Waals surface area contributed by atoms with E-state index in [0.29, 0.717) is 17.0 Å². The third-order valence-corrected chi connectivity index (χ3v) is 4.56. The van der Waals surface area contributed by atoms with E-state index in [-0.39, 0.29) is 6.04 Å². The molecular weight excluding hydrogens is 248 g/mol. The molecule has 1 heterocycles. The van der Waals surface area contributed by atoms with Gasteiger partial charge >= 0.3 is 0 Å². The minimum absolute atomic E-state index is 0.273. The molecule has 1 aromatic carbocycles. The van der Waals surface area contributed by atoms with E-state index >= 15 is 0 Å². The average Bonchev–Trinajstić information content (AvgIpc) is 2.61. The zero-order chi connectivity index (χ0) is 13.2. The lowest BCUT2D eigenvalue weighted by atomic mass is 10.0. The Morgan fingerprint density at radius 2 is 2.06 bits per heavy atom. The van der Waals surface area contributed by atoms with Gasteiger partial charge in [0.25, 0.3) is 10.0 Å². The summed E-state index contributed by atoms with van der Waals surface area (Å²) in [5, 5.41) is 3.21. The number of sulfonamides is 1. The van der Waals surface area contributed by atoms with Gasteiger partial charge in [-0.05, 0) is 19.5 Å². The molecule has 1 atom stereocenters. The Kier molecular flexibility index (Phi) is 3.82. The van der Waals surface area contributed by atoms with Crippen LogP contribution in [0.25, 0.3) is 0 Å². The maximum Gasteiger partial charge on any atom is 0.283 e. The zero-order valence-electron chi connectivity index (χ0n) is 10.7. The quantitative estimate of drug-likeness (QED) is 0.886. The number of benzene rings is 1. The Bertz CT molecular complexity index is 564. The van der Waals surface area contributed by atoms with Crippen LogP contribution >= 0.6 is 0 Å². The highest BCUT2D eigenvalue weighted by Gasteiger charge is 2.28. The molecule has 1 aliphatic rings. The predicted molar refractivity (Wildman–Crippen MR) is 72.5 cm³/mol. The zero-order valence-corrected chi connectivity index (χ0v) is 11.5. The topological polar surface area (TPSA) is 58.5 Å². The van der Waals surface area contributed by atoms with Crippen LogP contribution in [0.5, 0.6) is 0 Å². The van der Waals surface area contributed by atoms with E-state index in [9.17, 15) is 8.42 Å². The molecule has 1 unspecified atom stereocenters. The van der Waals surface area contributed by atoms with Crippen molar-refractivity contribution in [1.29, 1.82) is 0 Å². The summed E-state index contributed by atoms with van der Waals surface area (Å²) in [6.45, 7) is 2.12. The largest absolute Gasteiger partial charge is 0.317 e. The molecule has 0 amide bonds. The predicted octanol–water partition coefficient (Wildman–Crippen LogP) is 1.96. The molecule has 0 bridgehead atoms. The van der Waals surface area contributed by atoms with Crippen molar-refractivity contribution in [2.45, 2.75) is 37.1 Å². The van der Waals surface area contributed by atoms with Crippen molar-refractivity contribution in [3.8, 4) is 0 Å². The van der Waals surface area contributed by atoms with E-state index in [1.165, 1.54) is 0 Å². The minimum atomic E-state index is -3.46. The van der Waals surface area contributed by atoms with Crippen molar-refractivity contribution in [3.05, 3.63) is 29.8 Å². The molecule has 0 radical (unpaired) electrons. The summed E-state index contributed by atoms with van der Waals surface area (Å²) in [4.78, 5) is 0.339. The number of nitrogens with one attached hydrogen (secondary N) is 1. The smallest absolute Gasteiger partial charge is 0.283 e. The third-order valence-electron chi connectivity index (χ3n) is 3.19. The van der Waals surface area contributed by atoms with E-state index in [1.807, 2.05) is 19.2 Å². The normalized spacial score (nSPS) is 18.2. The highest BCUT2D eigenvalue weighted by atomic mass is 32.2. The Morgan fingerprint density at radius 3 is 2.72 bits per heavy atom. The molecule has 0 aromatic heterocycles. The molecule has 5 heteroatoms. The van der Waals surface area contributed by atoms with Gasteiger partial charge in [-0.3, -0.25) is 0 Å². The van der Waals surface area contributed by atoms with Gasteiger partial charge in [0.15, 0.2) is 0 Å². The van der Waals surface area contributed by atoms with E-state index in [1.54, 1.807) is 12.1 Å². The first kappa shape index (κ1) is 13.2. The van der Waals surface area contributed by atoms with Gasteiger partial charge in [-0.25, -0.2) is 0 Å². The van der Waals surface area contributed by atoms with Crippen LogP contribution in [-0.2, 0) is 10.0 Å². The maximum absolute atomic E-state index is 11.9. The van der Waals surface area contributed by atoms with Crippen LogP contribution in [-0.4, -0.2) is 27.2 Å². The summed E-state index contributed by atoms with van der Waals surface area (Å²) < 4.78 is 27.7. The van der Waals surface area contributed by atoms with Crippen molar-refractivity contribution in [2.75, 3.05) is 7.05 Å². The number of hydrogen-bond acceptors (Lipinski definition) is 3. The van der Waals surface area contributed by atoms with Crippen molar-refractivity contribution in [3.63, 3.8) is 0 Å². The average molecular weight is 266 g/mol. The fourth-order valence-electron chi connectivity index (χ4n) is 2.25. The van der Waals surface area contributed by atoms with Gasteiger partial charge in [0, 0.05) is 18.0 Å². The molecule has 2 rings (SSSR count). The van der Waals surface area contributed by atoms with Crippen molar-refractivity contribution < 1.29 is 8.42 Å². The lowest BCUT2D eigenvalue weighted by molar-refractivity contribution is 0.532. The van der Waals surface area contributed by atoms with Crippen LogP contribution in [0.3, 0.4) is 0 Å². The first-order valence-electron chi connectivity index (χ1n) is 6.19. The van der Waals surface area contributed by atoms with E-state index in [4.69, 9.17) is 0 Å². The first-order valence-corrected chi connectivity index (χ1v) is 7.63. The summed E-state index contributed by atoms with van der Waals surface area (Å²) in [7, 11) is -1.56. The van der Waals surface area contributed by atoms with Gasteiger partial charge in [-0.2, -0.15) is 12.8 Å². The Hall–Kier alpha value is -1.20. The molecule has 0 fully saturated rings. The monoisotopic (exact) mass is 266 g/mol. The summed E-state index contributed by atoms with van der Waals surface area (Å²) >= 11 is 0. The third kappa shape index (κ3) is 2.47. The Morgan fingerprint density at radius 1 is 1.33 bits per heavy atom. The Balaban J connectivity index is 2.31. The highest BCUT2D eigenvalue weighted by Crippen LogP contribution is 2.27.